The number of aliphatic hydroxyl groups excluding tert-OH is 1. The van der Waals surface area contributed by atoms with Crippen molar-refractivity contribution in [1.29, 1.82) is 0 Å². The largest absolute Gasteiger partial charge is 0.461 e. The number of carbonyl (C=O) groups is 1. The van der Waals surface area contributed by atoms with Crippen molar-refractivity contribution in [2.45, 2.75) is 27.4 Å². The van der Waals surface area contributed by atoms with E-state index in [0.717, 1.165) is 17.1 Å². The minimum atomic E-state index is -0.360. The van der Waals surface area contributed by atoms with Crippen molar-refractivity contribution in [3.8, 4) is 0 Å². The lowest BCUT2D eigenvalue weighted by molar-refractivity contribution is 0.0519. The van der Waals surface area contributed by atoms with E-state index in [9.17, 15) is 4.79 Å². The Balaban J connectivity index is 0.000000219. The van der Waals surface area contributed by atoms with Gasteiger partial charge in [-0.05, 0) is 45.0 Å². The number of carbonyl (C=O) groups excluding carboxylic acids is 1. The monoisotopic (exact) mass is 288 g/mol. The van der Waals surface area contributed by atoms with Crippen LogP contribution in [0.15, 0.2) is 36.4 Å². The Morgan fingerprint density at radius 3 is 2.19 bits per heavy atom. The molecule has 5 heteroatoms. The number of aryl methyl sites for hydroxylation is 2. The normalized spacial score (nSPS) is 9.52. The van der Waals surface area contributed by atoms with Crippen LogP contribution in [0.4, 0.5) is 0 Å². The second-order valence-corrected chi connectivity index (χ2v) is 4.31. The van der Waals surface area contributed by atoms with E-state index < -0.39 is 0 Å². The Morgan fingerprint density at radius 1 is 1.10 bits per heavy atom. The van der Waals surface area contributed by atoms with Crippen LogP contribution in [0.3, 0.4) is 0 Å². The highest BCUT2D eigenvalue weighted by molar-refractivity contribution is 5.87. The molecule has 0 bridgehead atoms. The van der Waals surface area contributed by atoms with E-state index in [4.69, 9.17) is 9.84 Å². The highest BCUT2D eigenvalue weighted by Crippen LogP contribution is 1.99. The number of nitrogens with zero attached hydrogens (tertiary/aromatic N) is 2. The van der Waals surface area contributed by atoms with E-state index in [1.165, 1.54) is 0 Å². The molecule has 0 aromatic carbocycles. The SMILES string of the molecule is CCOC(=O)c1cccc(C)n1.Cc1cccc(CO)n1. The van der Waals surface area contributed by atoms with Crippen LogP contribution in [0.1, 0.15) is 34.5 Å². The summed E-state index contributed by atoms with van der Waals surface area (Å²) in [4.78, 5) is 19.2. The zero-order chi connectivity index (χ0) is 15.7. The number of hydrogen-bond acceptors (Lipinski definition) is 5. The number of ether oxygens (including phenoxy) is 1. The molecule has 0 spiro atoms. The molecular weight excluding hydrogens is 268 g/mol. The van der Waals surface area contributed by atoms with Gasteiger partial charge in [0.05, 0.1) is 18.9 Å². The zero-order valence-corrected chi connectivity index (χ0v) is 12.5. The van der Waals surface area contributed by atoms with Crippen molar-refractivity contribution >= 4 is 5.97 Å². The van der Waals surface area contributed by atoms with Gasteiger partial charge in [0.25, 0.3) is 0 Å². The molecule has 2 aromatic rings. The molecule has 0 aliphatic heterocycles. The van der Waals surface area contributed by atoms with E-state index in [2.05, 4.69) is 9.97 Å². The molecule has 0 fully saturated rings. The van der Waals surface area contributed by atoms with Crippen LogP contribution >= 0.6 is 0 Å². The van der Waals surface area contributed by atoms with Gasteiger partial charge in [-0.1, -0.05) is 12.1 Å². The third-order valence-electron chi connectivity index (χ3n) is 2.48. The lowest BCUT2D eigenvalue weighted by Gasteiger charge is -2.00. The molecule has 0 amide bonds. The lowest BCUT2D eigenvalue weighted by Crippen LogP contribution is -2.07. The summed E-state index contributed by atoms with van der Waals surface area (Å²) in [6.45, 7) is 5.92. The van der Waals surface area contributed by atoms with Gasteiger partial charge in [0.1, 0.15) is 5.69 Å². The topological polar surface area (TPSA) is 72.3 Å². The highest BCUT2D eigenvalue weighted by atomic mass is 16.5. The number of aliphatic hydroxyl groups is 1. The number of hydrogen-bond donors (Lipinski definition) is 1. The molecule has 0 aliphatic rings. The quantitative estimate of drug-likeness (QED) is 0.878. The molecule has 0 unspecified atom stereocenters. The molecular formula is C16H20N2O3. The van der Waals surface area contributed by atoms with E-state index in [1.54, 1.807) is 25.1 Å². The van der Waals surface area contributed by atoms with Gasteiger partial charge in [0, 0.05) is 11.4 Å². The second kappa shape index (κ2) is 8.81. The van der Waals surface area contributed by atoms with Crippen LogP contribution in [0.25, 0.3) is 0 Å². The van der Waals surface area contributed by atoms with E-state index in [0.29, 0.717) is 12.3 Å². The number of pyridine rings is 2. The van der Waals surface area contributed by atoms with E-state index in [-0.39, 0.29) is 12.6 Å². The van der Waals surface area contributed by atoms with Crippen molar-refractivity contribution in [3.63, 3.8) is 0 Å². The first kappa shape index (κ1) is 16.8. The van der Waals surface area contributed by atoms with Crippen LogP contribution in [0.5, 0.6) is 0 Å². The molecule has 0 saturated carbocycles. The van der Waals surface area contributed by atoms with Gasteiger partial charge >= 0.3 is 5.97 Å². The third-order valence-corrected chi connectivity index (χ3v) is 2.48. The molecule has 5 nitrogen and oxygen atoms in total. The fourth-order valence-electron chi connectivity index (χ4n) is 1.55. The first-order valence-electron chi connectivity index (χ1n) is 6.71. The summed E-state index contributed by atoms with van der Waals surface area (Å²) in [7, 11) is 0. The molecule has 21 heavy (non-hydrogen) atoms. The average molecular weight is 288 g/mol. The maximum absolute atomic E-state index is 11.1. The standard InChI is InChI=1S/C9H11NO2.C7H9NO/c1-3-12-9(11)8-6-4-5-7(2)10-8;1-6-3-2-4-7(5-9)8-6/h4-6H,3H2,1-2H3;2-4,9H,5H2,1H3. The Bertz CT molecular complexity index is 585. The van der Waals surface area contributed by atoms with E-state index in [1.807, 2.05) is 32.0 Å². The van der Waals surface area contributed by atoms with Gasteiger partial charge in [0.15, 0.2) is 0 Å². The van der Waals surface area contributed by atoms with E-state index >= 15 is 0 Å². The maximum atomic E-state index is 11.1. The fraction of sp³-hybridized carbons (Fsp3) is 0.312. The molecule has 112 valence electrons. The summed E-state index contributed by atoms with van der Waals surface area (Å²) < 4.78 is 4.78. The summed E-state index contributed by atoms with van der Waals surface area (Å²) in [5.41, 5.74) is 2.87. The van der Waals surface area contributed by atoms with Gasteiger partial charge < -0.3 is 9.84 Å². The van der Waals surface area contributed by atoms with Crippen molar-refractivity contribution in [1.82, 2.24) is 9.97 Å². The molecule has 0 aliphatic carbocycles. The smallest absolute Gasteiger partial charge is 0.356 e. The van der Waals surface area contributed by atoms with Crippen LogP contribution < -0.4 is 0 Å². The Kier molecular flexibility index (Phi) is 7.04. The van der Waals surface area contributed by atoms with Gasteiger partial charge in [-0.25, -0.2) is 9.78 Å². The highest BCUT2D eigenvalue weighted by Gasteiger charge is 2.06. The second-order valence-electron chi connectivity index (χ2n) is 4.31. The van der Waals surface area contributed by atoms with Crippen molar-refractivity contribution in [2.24, 2.45) is 0 Å². The van der Waals surface area contributed by atoms with Crippen molar-refractivity contribution in [2.75, 3.05) is 6.61 Å². The van der Waals surface area contributed by atoms with Crippen LogP contribution in [-0.4, -0.2) is 27.7 Å². The molecule has 1 N–H and O–H groups in total. The van der Waals surface area contributed by atoms with Crippen LogP contribution in [0, 0.1) is 13.8 Å². The number of esters is 1. The van der Waals surface area contributed by atoms with Gasteiger partial charge in [0.2, 0.25) is 0 Å². The molecule has 0 radical (unpaired) electrons. The van der Waals surface area contributed by atoms with Gasteiger partial charge in [-0.15, -0.1) is 0 Å². The Hall–Kier alpha value is -2.27. The maximum Gasteiger partial charge on any atom is 0.356 e. The van der Waals surface area contributed by atoms with Crippen LogP contribution in [-0.2, 0) is 11.3 Å². The summed E-state index contributed by atoms with van der Waals surface area (Å²) in [6.07, 6.45) is 0. The zero-order valence-electron chi connectivity index (χ0n) is 12.5. The molecule has 2 heterocycles. The van der Waals surface area contributed by atoms with Crippen molar-refractivity contribution < 1.29 is 14.6 Å². The third kappa shape index (κ3) is 6.14. The van der Waals surface area contributed by atoms with Gasteiger partial charge in [-0.2, -0.15) is 0 Å². The number of rotatable bonds is 3. The lowest BCUT2D eigenvalue weighted by atomic mass is 10.3. The Labute approximate surface area is 124 Å². The fourth-order valence-corrected chi connectivity index (χ4v) is 1.55. The molecule has 2 aromatic heterocycles. The number of aromatic nitrogens is 2. The summed E-state index contributed by atoms with van der Waals surface area (Å²) in [5.74, 6) is -0.360. The first-order valence-corrected chi connectivity index (χ1v) is 6.71. The molecule has 0 saturated heterocycles. The van der Waals surface area contributed by atoms with Crippen LogP contribution in [0.2, 0.25) is 0 Å². The average Bonchev–Trinajstić information content (AvgIpc) is 2.48. The predicted octanol–water partition coefficient (Wildman–Crippen LogP) is 2.45. The first-order chi connectivity index (χ1) is 10.1. The van der Waals surface area contributed by atoms with Crippen molar-refractivity contribution in [3.05, 3.63) is 59.2 Å². The molecule has 0 atom stereocenters. The minimum absolute atomic E-state index is 0.0294. The minimum Gasteiger partial charge on any atom is -0.461 e. The summed E-state index contributed by atoms with van der Waals surface area (Å²) in [6, 6.07) is 10.8. The summed E-state index contributed by atoms with van der Waals surface area (Å²) in [5, 5.41) is 8.60. The van der Waals surface area contributed by atoms with Gasteiger partial charge in [-0.3, -0.25) is 4.98 Å². The Morgan fingerprint density at radius 2 is 1.71 bits per heavy atom. The predicted molar refractivity (Wildman–Crippen MR) is 79.8 cm³/mol. The summed E-state index contributed by atoms with van der Waals surface area (Å²) >= 11 is 0. The molecule has 2 rings (SSSR count).